The fourth-order valence-electron chi connectivity index (χ4n) is 3.83. The van der Waals surface area contributed by atoms with Crippen LogP contribution < -0.4 is 20.1 Å². The standard InChI is InChI=1S/C22H37N3O3/c1-4-23-21(25-17-22(14-15-26)12-8-5-9-13-22)24-16-18(2)28-20-11-7-6-10-19(20)27-3/h6-7,10-11,18,26H,4-5,8-9,12-17H2,1-3H3,(H2,23,24,25). The van der Waals surface area contributed by atoms with Crippen LogP contribution in [0.15, 0.2) is 29.3 Å². The van der Waals surface area contributed by atoms with E-state index in [0.29, 0.717) is 6.54 Å². The van der Waals surface area contributed by atoms with E-state index in [1.807, 2.05) is 31.2 Å². The molecule has 0 aromatic heterocycles. The van der Waals surface area contributed by atoms with Crippen LogP contribution in [0.4, 0.5) is 0 Å². The lowest BCUT2D eigenvalue weighted by Crippen LogP contribution is -2.42. The first-order chi connectivity index (χ1) is 13.6. The Kier molecular flexibility index (Phi) is 9.41. The molecule has 0 bridgehead atoms. The summed E-state index contributed by atoms with van der Waals surface area (Å²) in [5, 5.41) is 16.2. The van der Waals surface area contributed by atoms with Gasteiger partial charge in [0.1, 0.15) is 6.10 Å². The number of benzene rings is 1. The number of nitrogens with zero attached hydrogens (tertiary/aromatic N) is 1. The summed E-state index contributed by atoms with van der Waals surface area (Å²) in [7, 11) is 1.65. The first-order valence-electron chi connectivity index (χ1n) is 10.5. The minimum atomic E-state index is -0.0405. The number of methoxy groups -OCH3 is 1. The largest absolute Gasteiger partial charge is 0.493 e. The fraction of sp³-hybridized carbons (Fsp3) is 0.682. The molecule has 158 valence electrons. The molecule has 3 N–H and O–H groups in total. The molecule has 0 amide bonds. The van der Waals surface area contributed by atoms with E-state index < -0.39 is 0 Å². The Morgan fingerprint density at radius 2 is 1.89 bits per heavy atom. The molecule has 1 unspecified atom stereocenters. The maximum absolute atomic E-state index is 9.50. The van der Waals surface area contributed by atoms with Crippen molar-refractivity contribution in [3.63, 3.8) is 0 Å². The number of aliphatic hydroxyl groups is 1. The Hall–Kier alpha value is -1.95. The molecule has 1 aromatic carbocycles. The summed E-state index contributed by atoms with van der Waals surface area (Å²) in [5.41, 5.74) is 0.148. The molecule has 1 aliphatic rings. The van der Waals surface area contributed by atoms with Crippen molar-refractivity contribution in [1.82, 2.24) is 10.6 Å². The van der Waals surface area contributed by atoms with Gasteiger partial charge < -0.3 is 25.2 Å². The maximum atomic E-state index is 9.50. The summed E-state index contributed by atoms with van der Waals surface area (Å²) < 4.78 is 11.4. The van der Waals surface area contributed by atoms with Gasteiger partial charge in [-0.3, -0.25) is 4.99 Å². The second-order valence-electron chi connectivity index (χ2n) is 7.69. The third-order valence-electron chi connectivity index (χ3n) is 5.43. The van der Waals surface area contributed by atoms with Gasteiger partial charge in [-0.1, -0.05) is 31.4 Å². The Morgan fingerprint density at radius 3 is 2.54 bits per heavy atom. The predicted octanol–water partition coefficient (Wildman–Crippen LogP) is 3.35. The number of guanidine groups is 1. The van der Waals surface area contributed by atoms with E-state index >= 15 is 0 Å². The summed E-state index contributed by atoms with van der Waals surface area (Å²) in [6, 6.07) is 7.68. The predicted molar refractivity (Wildman–Crippen MR) is 114 cm³/mol. The van der Waals surface area contributed by atoms with Crippen LogP contribution in [0.25, 0.3) is 0 Å². The highest BCUT2D eigenvalue weighted by atomic mass is 16.5. The van der Waals surface area contributed by atoms with Gasteiger partial charge in [0.05, 0.1) is 13.7 Å². The monoisotopic (exact) mass is 391 g/mol. The minimum Gasteiger partial charge on any atom is -0.493 e. The molecule has 1 fully saturated rings. The molecule has 6 heteroatoms. The van der Waals surface area contributed by atoms with Gasteiger partial charge in [0.15, 0.2) is 17.5 Å². The molecule has 0 radical (unpaired) electrons. The van der Waals surface area contributed by atoms with Crippen LogP contribution >= 0.6 is 0 Å². The molecule has 1 atom stereocenters. The minimum absolute atomic E-state index is 0.0405. The van der Waals surface area contributed by atoms with Crippen molar-refractivity contribution >= 4 is 5.96 Å². The van der Waals surface area contributed by atoms with E-state index in [4.69, 9.17) is 14.5 Å². The van der Waals surface area contributed by atoms with Gasteiger partial charge in [-0.05, 0) is 50.7 Å². The lowest BCUT2D eigenvalue weighted by molar-refractivity contribution is 0.137. The highest BCUT2D eigenvalue weighted by molar-refractivity contribution is 5.79. The Labute approximate surface area is 169 Å². The SMILES string of the molecule is CCNC(=NCC1(CCO)CCCCC1)NCC(C)Oc1ccccc1OC. The lowest BCUT2D eigenvalue weighted by Gasteiger charge is -2.35. The molecule has 1 saturated carbocycles. The first-order valence-corrected chi connectivity index (χ1v) is 10.5. The van der Waals surface area contributed by atoms with Gasteiger partial charge in [-0.2, -0.15) is 0 Å². The van der Waals surface area contributed by atoms with E-state index in [1.54, 1.807) is 7.11 Å². The van der Waals surface area contributed by atoms with Gasteiger partial charge in [0.2, 0.25) is 0 Å². The van der Waals surface area contributed by atoms with Crippen molar-refractivity contribution < 1.29 is 14.6 Å². The molecule has 2 rings (SSSR count). The number of rotatable bonds is 10. The second-order valence-corrected chi connectivity index (χ2v) is 7.69. The smallest absolute Gasteiger partial charge is 0.191 e. The summed E-state index contributed by atoms with van der Waals surface area (Å²) in [5.74, 6) is 2.28. The summed E-state index contributed by atoms with van der Waals surface area (Å²) >= 11 is 0. The van der Waals surface area contributed by atoms with E-state index in [1.165, 1.54) is 19.3 Å². The van der Waals surface area contributed by atoms with Crippen molar-refractivity contribution in [2.45, 2.75) is 58.5 Å². The fourth-order valence-corrected chi connectivity index (χ4v) is 3.83. The van der Waals surface area contributed by atoms with Crippen molar-refractivity contribution in [2.75, 3.05) is 33.4 Å². The van der Waals surface area contributed by atoms with Crippen molar-refractivity contribution in [2.24, 2.45) is 10.4 Å². The van der Waals surface area contributed by atoms with Gasteiger partial charge >= 0.3 is 0 Å². The van der Waals surface area contributed by atoms with Gasteiger partial charge in [-0.25, -0.2) is 0 Å². The lowest BCUT2D eigenvalue weighted by atomic mass is 9.72. The van der Waals surface area contributed by atoms with E-state index in [9.17, 15) is 5.11 Å². The highest BCUT2D eigenvalue weighted by Crippen LogP contribution is 2.39. The average molecular weight is 392 g/mol. The molecule has 28 heavy (non-hydrogen) atoms. The summed E-state index contributed by atoms with van der Waals surface area (Å²) in [6.45, 7) is 6.53. The van der Waals surface area contributed by atoms with Crippen LogP contribution in [0, 0.1) is 5.41 Å². The molecular weight excluding hydrogens is 354 g/mol. The van der Waals surface area contributed by atoms with Gasteiger partial charge in [-0.15, -0.1) is 0 Å². The Morgan fingerprint density at radius 1 is 1.18 bits per heavy atom. The van der Waals surface area contributed by atoms with Crippen LogP contribution in [-0.4, -0.2) is 50.5 Å². The molecule has 0 aliphatic heterocycles. The van der Waals surface area contributed by atoms with Crippen molar-refractivity contribution in [3.05, 3.63) is 24.3 Å². The molecule has 0 saturated heterocycles. The molecular formula is C22H37N3O3. The van der Waals surface area contributed by atoms with Crippen molar-refractivity contribution in [3.8, 4) is 11.5 Å². The van der Waals surface area contributed by atoms with Gasteiger partial charge in [0.25, 0.3) is 0 Å². The third kappa shape index (κ3) is 6.89. The molecule has 0 spiro atoms. The molecule has 1 aromatic rings. The zero-order valence-electron chi connectivity index (χ0n) is 17.7. The quantitative estimate of drug-likeness (QED) is 0.421. The topological polar surface area (TPSA) is 75.1 Å². The molecule has 1 aliphatic carbocycles. The zero-order valence-corrected chi connectivity index (χ0v) is 17.7. The van der Waals surface area contributed by atoms with Crippen LogP contribution in [0.3, 0.4) is 0 Å². The Bertz CT molecular complexity index is 595. The number of aliphatic imine (C=N–C) groups is 1. The van der Waals surface area contributed by atoms with Gasteiger partial charge in [0, 0.05) is 19.7 Å². The summed E-state index contributed by atoms with van der Waals surface area (Å²) in [6.07, 6.45) is 6.89. The van der Waals surface area contributed by atoms with E-state index in [0.717, 1.165) is 49.8 Å². The Balaban J connectivity index is 1.92. The van der Waals surface area contributed by atoms with E-state index in [-0.39, 0.29) is 18.1 Å². The number of ether oxygens (including phenoxy) is 2. The van der Waals surface area contributed by atoms with E-state index in [2.05, 4.69) is 17.6 Å². The maximum Gasteiger partial charge on any atom is 0.191 e. The average Bonchev–Trinajstić information content (AvgIpc) is 2.71. The highest BCUT2D eigenvalue weighted by Gasteiger charge is 2.31. The second kappa shape index (κ2) is 11.8. The van der Waals surface area contributed by atoms with Crippen molar-refractivity contribution in [1.29, 1.82) is 0 Å². The number of hydrogen-bond acceptors (Lipinski definition) is 4. The van der Waals surface area contributed by atoms with Crippen LogP contribution in [-0.2, 0) is 0 Å². The number of aliphatic hydroxyl groups excluding tert-OH is 1. The molecule has 6 nitrogen and oxygen atoms in total. The third-order valence-corrected chi connectivity index (χ3v) is 5.43. The number of nitrogens with one attached hydrogen (secondary N) is 2. The first kappa shape index (κ1) is 22.3. The van der Waals surface area contributed by atoms with Crippen LogP contribution in [0.2, 0.25) is 0 Å². The van der Waals surface area contributed by atoms with Crippen LogP contribution in [0.5, 0.6) is 11.5 Å². The number of hydrogen-bond donors (Lipinski definition) is 3. The molecule has 0 heterocycles. The summed E-state index contributed by atoms with van der Waals surface area (Å²) in [4.78, 5) is 4.84. The normalized spacial score (nSPS) is 17.6. The van der Waals surface area contributed by atoms with Crippen LogP contribution in [0.1, 0.15) is 52.4 Å². The number of para-hydroxylation sites is 2. The zero-order chi connectivity index (χ0) is 20.2.